The Morgan fingerprint density at radius 2 is 1.88 bits per heavy atom. The Labute approximate surface area is 48.1 Å². The zero-order valence-electron chi connectivity index (χ0n) is 4.76. The predicted octanol–water partition coefficient (Wildman–Crippen LogP) is 1.13. The van der Waals surface area contributed by atoms with Crippen LogP contribution in [0, 0.1) is 0 Å². The van der Waals surface area contributed by atoms with Crippen molar-refractivity contribution in [3.63, 3.8) is 0 Å². The quantitative estimate of drug-likeness (QED) is 0.422. The molecule has 0 bridgehead atoms. The SMILES string of the molecule is C=N/C(C)=C(/O)N=C. The summed E-state index contributed by atoms with van der Waals surface area (Å²) in [6.45, 7) is 7.85. The molecule has 0 amide bonds. The summed E-state index contributed by atoms with van der Waals surface area (Å²) in [5.74, 6) is -0.167. The number of allylic oxidation sites excluding steroid dienone is 1. The second-order valence-corrected chi connectivity index (χ2v) is 1.23. The van der Waals surface area contributed by atoms with E-state index in [9.17, 15) is 0 Å². The van der Waals surface area contributed by atoms with Crippen molar-refractivity contribution in [3.8, 4) is 0 Å². The molecule has 0 aromatic heterocycles. The molecule has 0 saturated heterocycles. The topological polar surface area (TPSA) is 45.0 Å². The van der Waals surface area contributed by atoms with Crippen molar-refractivity contribution in [2.75, 3.05) is 0 Å². The van der Waals surface area contributed by atoms with Gasteiger partial charge in [0.2, 0.25) is 5.88 Å². The van der Waals surface area contributed by atoms with E-state index in [4.69, 9.17) is 5.11 Å². The van der Waals surface area contributed by atoms with Gasteiger partial charge in [-0.2, -0.15) is 0 Å². The molecule has 0 radical (unpaired) electrons. The summed E-state index contributed by atoms with van der Waals surface area (Å²) in [6, 6.07) is 0. The molecular formula is C5H8N2O. The second kappa shape index (κ2) is 2.96. The summed E-state index contributed by atoms with van der Waals surface area (Å²) < 4.78 is 0. The summed E-state index contributed by atoms with van der Waals surface area (Å²) in [4.78, 5) is 6.62. The molecule has 3 heteroatoms. The molecule has 0 atom stereocenters. The van der Waals surface area contributed by atoms with Crippen LogP contribution in [0.2, 0.25) is 0 Å². The van der Waals surface area contributed by atoms with Crippen molar-refractivity contribution in [3.05, 3.63) is 11.6 Å². The normalized spacial score (nSPS) is 12.1. The lowest BCUT2D eigenvalue weighted by atomic mass is 10.5. The molecule has 3 nitrogen and oxygen atoms in total. The Morgan fingerprint density at radius 3 is 2.00 bits per heavy atom. The Morgan fingerprint density at radius 1 is 1.38 bits per heavy atom. The summed E-state index contributed by atoms with van der Waals surface area (Å²) in [6.07, 6.45) is 0. The summed E-state index contributed by atoms with van der Waals surface area (Å²) in [7, 11) is 0. The first-order valence-corrected chi connectivity index (χ1v) is 2.05. The van der Waals surface area contributed by atoms with E-state index in [2.05, 4.69) is 23.4 Å². The molecule has 0 aromatic carbocycles. The van der Waals surface area contributed by atoms with Crippen LogP contribution in [-0.2, 0) is 0 Å². The van der Waals surface area contributed by atoms with Gasteiger partial charge in [-0.15, -0.1) is 0 Å². The van der Waals surface area contributed by atoms with Gasteiger partial charge >= 0.3 is 0 Å². The van der Waals surface area contributed by atoms with Crippen LogP contribution in [0.5, 0.6) is 0 Å². The van der Waals surface area contributed by atoms with E-state index in [0.29, 0.717) is 5.70 Å². The number of hydrogen-bond donors (Lipinski definition) is 1. The number of rotatable bonds is 2. The molecule has 0 unspecified atom stereocenters. The van der Waals surface area contributed by atoms with Crippen LogP contribution in [0.3, 0.4) is 0 Å². The Bertz CT molecular complexity index is 121. The number of aliphatic hydroxyl groups is 1. The van der Waals surface area contributed by atoms with Crippen LogP contribution in [0.15, 0.2) is 21.6 Å². The van der Waals surface area contributed by atoms with Crippen LogP contribution in [0.25, 0.3) is 0 Å². The van der Waals surface area contributed by atoms with E-state index < -0.39 is 0 Å². The average Bonchev–Trinajstić information content (AvgIpc) is 1.84. The smallest absolute Gasteiger partial charge is 0.232 e. The fraction of sp³-hybridized carbons (Fsp3) is 0.200. The number of nitrogens with zero attached hydrogens (tertiary/aromatic N) is 2. The minimum Gasteiger partial charge on any atom is -0.492 e. The summed E-state index contributed by atoms with van der Waals surface area (Å²) in [5, 5.41) is 8.64. The van der Waals surface area contributed by atoms with Crippen LogP contribution < -0.4 is 0 Å². The molecule has 0 fully saturated rings. The highest BCUT2D eigenvalue weighted by Crippen LogP contribution is 1.99. The molecule has 0 aliphatic heterocycles. The second-order valence-electron chi connectivity index (χ2n) is 1.23. The van der Waals surface area contributed by atoms with E-state index in [1.807, 2.05) is 0 Å². The predicted molar refractivity (Wildman–Crippen MR) is 34.4 cm³/mol. The minimum atomic E-state index is -0.167. The maximum absolute atomic E-state index is 8.64. The largest absolute Gasteiger partial charge is 0.492 e. The number of hydrogen-bond acceptors (Lipinski definition) is 3. The first-order chi connectivity index (χ1) is 3.72. The monoisotopic (exact) mass is 112 g/mol. The molecule has 0 saturated carbocycles. The van der Waals surface area contributed by atoms with Gasteiger partial charge in [-0.3, -0.25) is 4.99 Å². The lowest BCUT2D eigenvalue weighted by Crippen LogP contribution is -1.77. The summed E-state index contributed by atoms with van der Waals surface area (Å²) in [5.41, 5.74) is 0.389. The van der Waals surface area contributed by atoms with E-state index >= 15 is 0 Å². The van der Waals surface area contributed by atoms with Crippen molar-refractivity contribution >= 4 is 13.4 Å². The van der Waals surface area contributed by atoms with Gasteiger partial charge in [-0.1, -0.05) is 0 Å². The Kier molecular flexibility index (Phi) is 2.54. The molecule has 0 spiro atoms. The molecule has 1 N–H and O–H groups in total. The fourth-order valence-corrected chi connectivity index (χ4v) is 0.185. The zero-order chi connectivity index (χ0) is 6.57. The lowest BCUT2D eigenvalue weighted by Gasteiger charge is -1.89. The van der Waals surface area contributed by atoms with E-state index in [1.54, 1.807) is 6.92 Å². The van der Waals surface area contributed by atoms with Crippen LogP contribution in [-0.4, -0.2) is 18.5 Å². The average molecular weight is 112 g/mol. The summed E-state index contributed by atoms with van der Waals surface area (Å²) >= 11 is 0. The van der Waals surface area contributed by atoms with Gasteiger partial charge in [0.05, 0.1) is 5.70 Å². The van der Waals surface area contributed by atoms with Gasteiger partial charge in [0, 0.05) is 0 Å². The van der Waals surface area contributed by atoms with Crippen LogP contribution in [0.1, 0.15) is 6.92 Å². The van der Waals surface area contributed by atoms with Crippen molar-refractivity contribution in [1.82, 2.24) is 0 Å². The number of aliphatic hydroxyl groups excluding tert-OH is 1. The van der Waals surface area contributed by atoms with Gasteiger partial charge in [0.15, 0.2) is 0 Å². The van der Waals surface area contributed by atoms with Crippen molar-refractivity contribution in [1.29, 1.82) is 0 Å². The lowest BCUT2D eigenvalue weighted by molar-refractivity contribution is 0.400. The molecule has 0 aliphatic rings. The first-order valence-electron chi connectivity index (χ1n) is 2.05. The van der Waals surface area contributed by atoms with Gasteiger partial charge in [-0.25, -0.2) is 4.99 Å². The highest BCUT2D eigenvalue weighted by molar-refractivity contribution is 5.32. The molecular weight excluding hydrogens is 104 g/mol. The Balaban J connectivity index is 4.25. The first kappa shape index (κ1) is 6.88. The molecule has 0 aliphatic carbocycles. The zero-order valence-corrected chi connectivity index (χ0v) is 4.76. The van der Waals surface area contributed by atoms with Gasteiger partial charge in [0.1, 0.15) is 0 Å². The van der Waals surface area contributed by atoms with Gasteiger partial charge in [0.25, 0.3) is 0 Å². The van der Waals surface area contributed by atoms with E-state index in [-0.39, 0.29) is 5.88 Å². The van der Waals surface area contributed by atoms with Crippen molar-refractivity contribution in [2.24, 2.45) is 9.98 Å². The van der Waals surface area contributed by atoms with Gasteiger partial charge < -0.3 is 5.11 Å². The van der Waals surface area contributed by atoms with E-state index in [1.165, 1.54) is 0 Å². The molecule has 8 heavy (non-hydrogen) atoms. The van der Waals surface area contributed by atoms with Gasteiger partial charge in [-0.05, 0) is 20.4 Å². The van der Waals surface area contributed by atoms with E-state index in [0.717, 1.165) is 0 Å². The van der Waals surface area contributed by atoms with Crippen LogP contribution >= 0.6 is 0 Å². The minimum absolute atomic E-state index is 0.167. The third kappa shape index (κ3) is 1.55. The maximum Gasteiger partial charge on any atom is 0.232 e. The fourth-order valence-electron chi connectivity index (χ4n) is 0.185. The van der Waals surface area contributed by atoms with Crippen LogP contribution in [0.4, 0.5) is 0 Å². The highest BCUT2D eigenvalue weighted by Gasteiger charge is 1.89. The molecule has 0 rings (SSSR count). The highest BCUT2D eigenvalue weighted by atomic mass is 16.3. The Hall–Kier alpha value is -1.12. The third-order valence-electron chi connectivity index (χ3n) is 0.711. The molecule has 0 aromatic rings. The van der Waals surface area contributed by atoms with Crippen molar-refractivity contribution in [2.45, 2.75) is 6.92 Å². The van der Waals surface area contributed by atoms with Crippen molar-refractivity contribution < 1.29 is 5.11 Å². The molecule has 44 valence electrons. The third-order valence-corrected chi connectivity index (χ3v) is 0.711. The number of aliphatic imine (C=N–C) groups is 2. The standard InChI is InChI=1S/C5H8N2O/c1-4(6-2)5(8)7-3/h8H,2-3H2,1H3/b5-4+. The molecule has 0 heterocycles. The maximum atomic E-state index is 8.64.